The van der Waals surface area contributed by atoms with Gasteiger partial charge in [-0.2, -0.15) is 0 Å². The molecule has 0 unspecified atom stereocenters. The highest BCUT2D eigenvalue weighted by molar-refractivity contribution is 9.10. The van der Waals surface area contributed by atoms with Gasteiger partial charge in [-0.05, 0) is 42.9 Å². The van der Waals surface area contributed by atoms with Crippen molar-refractivity contribution in [2.45, 2.75) is 26.2 Å². The van der Waals surface area contributed by atoms with Crippen molar-refractivity contribution >= 4 is 21.8 Å². The fraction of sp³-hybridized carbons (Fsp3) is 0.462. The first-order valence-electron chi connectivity index (χ1n) is 5.83. The largest absolute Gasteiger partial charge is 0.507 e. The average Bonchev–Trinajstić information content (AvgIpc) is 3.07. The van der Waals surface area contributed by atoms with Gasteiger partial charge < -0.3 is 10.4 Å². The van der Waals surface area contributed by atoms with E-state index in [-0.39, 0.29) is 11.7 Å². The maximum absolute atomic E-state index is 11.9. The Labute approximate surface area is 109 Å². The Bertz CT molecular complexity index is 441. The van der Waals surface area contributed by atoms with Crippen LogP contribution in [-0.2, 0) is 0 Å². The first-order chi connectivity index (χ1) is 8.06. The van der Waals surface area contributed by atoms with E-state index in [2.05, 4.69) is 28.2 Å². The summed E-state index contributed by atoms with van der Waals surface area (Å²) < 4.78 is 0.763. The van der Waals surface area contributed by atoms with Gasteiger partial charge in [-0.3, -0.25) is 4.79 Å². The van der Waals surface area contributed by atoms with Crippen molar-refractivity contribution in [1.29, 1.82) is 0 Å². The summed E-state index contributed by atoms with van der Waals surface area (Å²) in [6, 6.07) is 4.91. The zero-order chi connectivity index (χ0) is 12.5. The molecule has 3 nitrogen and oxygen atoms in total. The molecular weight excluding hydrogens is 282 g/mol. The topological polar surface area (TPSA) is 49.3 Å². The van der Waals surface area contributed by atoms with E-state index in [0.29, 0.717) is 17.5 Å². The van der Waals surface area contributed by atoms with Crippen LogP contribution >= 0.6 is 15.9 Å². The number of amides is 1. The summed E-state index contributed by atoms with van der Waals surface area (Å²) >= 11 is 3.25. The van der Waals surface area contributed by atoms with Crippen LogP contribution < -0.4 is 5.32 Å². The molecule has 92 valence electrons. The number of aromatic hydroxyl groups is 1. The third-order valence-corrected chi connectivity index (χ3v) is 4.03. The lowest BCUT2D eigenvalue weighted by molar-refractivity contribution is 0.0941. The van der Waals surface area contributed by atoms with Gasteiger partial charge in [-0.15, -0.1) is 0 Å². The Morgan fingerprint density at radius 3 is 2.76 bits per heavy atom. The highest BCUT2D eigenvalue weighted by Gasteiger charge is 2.40. The van der Waals surface area contributed by atoms with Crippen LogP contribution in [0.5, 0.6) is 5.75 Å². The van der Waals surface area contributed by atoms with Crippen LogP contribution in [0.1, 0.15) is 36.5 Å². The molecule has 0 saturated heterocycles. The van der Waals surface area contributed by atoms with Gasteiger partial charge in [-0.1, -0.05) is 22.9 Å². The van der Waals surface area contributed by atoms with Gasteiger partial charge in [0.25, 0.3) is 5.91 Å². The summed E-state index contributed by atoms with van der Waals surface area (Å²) in [4.78, 5) is 11.9. The van der Waals surface area contributed by atoms with Gasteiger partial charge >= 0.3 is 0 Å². The van der Waals surface area contributed by atoms with Gasteiger partial charge in [0.2, 0.25) is 0 Å². The second-order valence-electron chi connectivity index (χ2n) is 4.70. The van der Waals surface area contributed by atoms with Crippen LogP contribution in [0.25, 0.3) is 0 Å². The Morgan fingerprint density at radius 2 is 2.24 bits per heavy atom. The molecule has 1 saturated carbocycles. The molecule has 0 aromatic heterocycles. The van der Waals surface area contributed by atoms with E-state index in [0.717, 1.165) is 10.9 Å². The highest BCUT2D eigenvalue weighted by atomic mass is 79.9. The lowest BCUT2D eigenvalue weighted by Gasteiger charge is -2.13. The van der Waals surface area contributed by atoms with Crippen LogP contribution in [0, 0.1) is 5.41 Å². The number of phenolic OH excluding ortho intramolecular Hbond substituents is 1. The molecule has 0 radical (unpaired) electrons. The van der Waals surface area contributed by atoms with E-state index in [4.69, 9.17) is 0 Å². The zero-order valence-electron chi connectivity index (χ0n) is 9.79. The van der Waals surface area contributed by atoms with Gasteiger partial charge in [0, 0.05) is 11.0 Å². The predicted molar refractivity (Wildman–Crippen MR) is 70.1 cm³/mol. The number of halogens is 1. The van der Waals surface area contributed by atoms with Gasteiger partial charge in [-0.25, -0.2) is 0 Å². The molecule has 4 heteroatoms. The molecule has 0 heterocycles. The number of carbonyl (C=O) groups excluding carboxylic acids is 1. The van der Waals surface area contributed by atoms with Crippen molar-refractivity contribution < 1.29 is 9.90 Å². The Kier molecular flexibility index (Phi) is 3.43. The molecule has 0 spiro atoms. The van der Waals surface area contributed by atoms with Crippen LogP contribution in [0.3, 0.4) is 0 Å². The van der Waals surface area contributed by atoms with E-state index in [9.17, 15) is 9.90 Å². The van der Waals surface area contributed by atoms with Gasteiger partial charge in [0.1, 0.15) is 5.75 Å². The van der Waals surface area contributed by atoms with E-state index >= 15 is 0 Å². The first kappa shape index (κ1) is 12.4. The fourth-order valence-corrected chi connectivity index (χ4v) is 2.24. The summed E-state index contributed by atoms with van der Waals surface area (Å²) in [7, 11) is 0. The molecule has 0 atom stereocenters. The van der Waals surface area contributed by atoms with Crippen LogP contribution in [0.2, 0.25) is 0 Å². The SMILES string of the molecule is CCC1(CNC(=O)c2ccc(Br)cc2O)CC1. The van der Waals surface area contributed by atoms with E-state index in [1.54, 1.807) is 12.1 Å². The van der Waals surface area contributed by atoms with E-state index < -0.39 is 0 Å². The van der Waals surface area contributed by atoms with Crippen molar-refractivity contribution in [1.82, 2.24) is 5.32 Å². The molecular formula is C13H16BrNO2. The van der Waals surface area contributed by atoms with Gasteiger partial charge in [0.15, 0.2) is 0 Å². The minimum absolute atomic E-state index is 0.0122. The molecule has 17 heavy (non-hydrogen) atoms. The number of nitrogens with one attached hydrogen (secondary N) is 1. The highest BCUT2D eigenvalue weighted by Crippen LogP contribution is 2.47. The molecule has 1 aromatic carbocycles. The number of rotatable bonds is 4. The van der Waals surface area contributed by atoms with Crippen molar-refractivity contribution in [3.8, 4) is 5.75 Å². The third kappa shape index (κ3) is 2.80. The second-order valence-corrected chi connectivity index (χ2v) is 5.61. The number of hydrogen-bond donors (Lipinski definition) is 2. The van der Waals surface area contributed by atoms with Crippen LogP contribution in [0.15, 0.2) is 22.7 Å². The summed E-state index contributed by atoms with van der Waals surface area (Å²) in [5, 5.41) is 12.6. The minimum Gasteiger partial charge on any atom is -0.507 e. The van der Waals surface area contributed by atoms with Crippen molar-refractivity contribution in [3.05, 3.63) is 28.2 Å². The van der Waals surface area contributed by atoms with E-state index in [1.165, 1.54) is 18.9 Å². The maximum atomic E-state index is 11.9. The maximum Gasteiger partial charge on any atom is 0.255 e. The third-order valence-electron chi connectivity index (χ3n) is 3.54. The molecule has 1 amide bonds. The molecule has 1 aromatic rings. The molecule has 1 aliphatic carbocycles. The Hall–Kier alpha value is -1.03. The Balaban J connectivity index is 2.00. The second kappa shape index (κ2) is 4.69. The monoisotopic (exact) mass is 297 g/mol. The summed E-state index contributed by atoms with van der Waals surface area (Å²) in [5.41, 5.74) is 0.654. The lowest BCUT2D eigenvalue weighted by Crippen LogP contribution is -2.29. The minimum atomic E-state index is -0.199. The molecule has 2 rings (SSSR count). The molecule has 0 bridgehead atoms. The number of phenols is 1. The van der Waals surface area contributed by atoms with Crippen LogP contribution in [-0.4, -0.2) is 17.6 Å². The first-order valence-corrected chi connectivity index (χ1v) is 6.62. The van der Waals surface area contributed by atoms with Crippen molar-refractivity contribution in [2.24, 2.45) is 5.41 Å². The molecule has 0 aliphatic heterocycles. The number of benzene rings is 1. The van der Waals surface area contributed by atoms with Gasteiger partial charge in [0.05, 0.1) is 5.56 Å². The zero-order valence-corrected chi connectivity index (χ0v) is 11.4. The number of hydrogen-bond acceptors (Lipinski definition) is 2. The standard InChI is InChI=1S/C13H16BrNO2/c1-2-13(5-6-13)8-15-12(17)10-4-3-9(14)7-11(10)16/h3-4,7,16H,2,5-6,8H2,1H3,(H,15,17). The van der Waals surface area contributed by atoms with E-state index in [1.807, 2.05) is 0 Å². The normalized spacial score (nSPS) is 16.6. The molecule has 1 aliphatic rings. The summed E-state index contributed by atoms with van der Waals surface area (Å²) in [6.45, 7) is 2.86. The fourth-order valence-electron chi connectivity index (χ4n) is 1.89. The Morgan fingerprint density at radius 1 is 1.53 bits per heavy atom. The smallest absolute Gasteiger partial charge is 0.255 e. The number of carbonyl (C=O) groups is 1. The average molecular weight is 298 g/mol. The molecule has 1 fully saturated rings. The molecule has 2 N–H and O–H groups in total. The van der Waals surface area contributed by atoms with Crippen LogP contribution in [0.4, 0.5) is 0 Å². The summed E-state index contributed by atoms with van der Waals surface area (Å²) in [6.07, 6.45) is 3.48. The van der Waals surface area contributed by atoms with Crippen molar-refractivity contribution in [3.63, 3.8) is 0 Å². The quantitative estimate of drug-likeness (QED) is 0.897. The lowest BCUT2D eigenvalue weighted by atomic mass is 10.0. The van der Waals surface area contributed by atoms with Crippen molar-refractivity contribution in [2.75, 3.05) is 6.54 Å². The summed E-state index contributed by atoms with van der Waals surface area (Å²) in [5.74, 6) is -0.187. The predicted octanol–water partition coefficient (Wildman–Crippen LogP) is 3.07.